The van der Waals surface area contributed by atoms with Crippen molar-refractivity contribution in [2.75, 3.05) is 5.32 Å². The summed E-state index contributed by atoms with van der Waals surface area (Å²) in [5.74, 6) is 0.616. The highest BCUT2D eigenvalue weighted by atomic mass is 19.1. The molecule has 3 aromatic rings. The van der Waals surface area contributed by atoms with Gasteiger partial charge in [-0.3, -0.25) is 0 Å². The monoisotopic (exact) mass is 427 g/mol. The fraction of sp³-hybridized carbons (Fsp3) is 0.167. The van der Waals surface area contributed by atoms with Crippen LogP contribution in [0.25, 0.3) is 6.08 Å². The Hall–Kier alpha value is -4.27. The molecule has 1 aliphatic heterocycles. The zero-order valence-corrected chi connectivity index (χ0v) is 17.4. The molecule has 0 unspecified atom stereocenters. The van der Waals surface area contributed by atoms with E-state index in [1.807, 2.05) is 32.0 Å². The Morgan fingerprint density at radius 2 is 1.91 bits per heavy atom. The largest absolute Gasteiger partial charge is 0.438 e. The number of nitriles is 2. The summed E-state index contributed by atoms with van der Waals surface area (Å²) in [5, 5.41) is 20.6. The minimum atomic E-state index is -0.629. The maximum absolute atomic E-state index is 14.0. The van der Waals surface area contributed by atoms with Crippen LogP contribution in [0, 0.1) is 42.3 Å². The van der Waals surface area contributed by atoms with Crippen LogP contribution in [0.2, 0.25) is 0 Å². The lowest BCUT2D eigenvalue weighted by atomic mass is 10.1. The number of nitrogens with zero attached hydrogens (tertiary/aromatic N) is 4. The molecule has 0 saturated carbocycles. The van der Waals surface area contributed by atoms with Gasteiger partial charge in [0, 0.05) is 11.8 Å². The maximum atomic E-state index is 14.0. The van der Waals surface area contributed by atoms with Crippen molar-refractivity contribution in [3.05, 3.63) is 75.7 Å². The molecule has 0 radical (unpaired) electrons. The summed E-state index contributed by atoms with van der Waals surface area (Å²) in [6, 6.07) is 11.8. The zero-order valence-electron chi connectivity index (χ0n) is 17.4. The smallest absolute Gasteiger partial charge is 0.230 e. The number of rotatable bonds is 5. The topological polar surface area (TPSA) is 104 Å². The van der Waals surface area contributed by atoms with E-state index in [0.29, 0.717) is 36.2 Å². The van der Waals surface area contributed by atoms with Gasteiger partial charge in [0.05, 0.1) is 36.1 Å². The lowest BCUT2D eigenvalue weighted by Crippen LogP contribution is -2.05. The Kier molecular flexibility index (Phi) is 5.80. The molecule has 1 aliphatic rings. The summed E-state index contributed by atoms with van der Waals surface area (Å²) in [7, 11) is 0. The summed E-state index contributed by atoms with van der Waals surface area (Å²) < 4.78 is 25.7. The van der Waals surface area contributed by atoms with Gasteiger partial charge in [-0.1, -0.05) is 0 Å². The molecule has 7 nitrogen and oxygen atoms in total. The van der Waals surface area contributed by atoms with E-state index < -0.39 is 5.82 Å². The standard InChI is InChI=1S/C24H18FN5O2/c1-14-8-16(4-3-7-26)9-15(2)22(14)32-23-19-12-31-13-21(19)29-24(30-23)28-18-6-5-17(11-27)20(25)10-18/h3-6,8-10H,12-13H2,1-2H3,(H,28,29,30)/b4-3+. The van der Waals surface area contributed by atoms with Gasteiger partial charge in [0.15, 0.2) is 0 Å². The average Bonchev–Trinajstić information content (AvgIpc) is 3.24. The van der Waals surface area contributed by atoms with Gasteiger partial charge in [-0.15, -0.1) is 0 Å². The number of benzene rings is 2. The van der Waals surface area contributed by atoms with Crippen molar-refractivity contribution in [1.29, 1.82) is 10.5 Å². The molecular weight excluding hydrogens is 409 g/mol. The first kappa shape index (κ1) is 21.0. The molecule has 2 aromatic carbocycles. The van der Waals surface area contributed by atoms with Crippen LogP contribution in [0.1, 0.15) is 33.5 Å². The van der Waals surface area contributed by atoms with E-state index in [2.05, 4.69) is 15.3 Å². The first-order valence-corrected chi connectivity index (χ1v) is 9.78. The highest BCUT2D eigenvalue weighted by Gasteiger charge is 2.23. The fourth-order valence-corrected chi connectivity index (χ4v) is 3.45. The van der Waals surface area contributed by atoms with Crippen LogP contribution in [0.15, 0.2) is 36.4 Å². The fourth-order valence-electron chi connectivity index (χ4n) is 3.45. The van der Waals surface area contributed by atoms with Crippen LogP contribution in [0.3, 0.4) is 0 Å². The average molecular weight is 427 g/mol. The van der Waals surface area contributed by atoms with Gasteiger partial charge in [0.2, 0.25) is 11.8 Å². The van der Waals surface area contributed by atoms with E-state index in [4.69, 9.17) is 20.0 Å². The van der Waals surface area contributed by atoms with E-state index in [0.717, 1.165) is 22.3 Å². The second kappa shape index (κ2) is 8.84. The molecule has 0 atom stereocenters. The Morgan fingerprint density at radius 3 is 2.59 bits per heavy atom. The molecule has 0 aliphatic carbocycles. The highest BCUT2D eigenvalue weighted by molar-refractivity contribution is 5.59. The van der Waals surface area contributed by atoms with E-state index in [-0.39, 0.29) is 11.5 Å². The summed E-state index contributed by atoms with van der Waals surface area (Å²) in [6.07, 6.45) is 3.16. The number of ether oxygens (including phenoxy) is 2. The van der Waals surface area contributed by atoms with E-state index >= 15 is 0 Å². The predicted octanol–water partition coefficient (Wildman–Crippen LogP) is 5.21. The van der Waals surface area contributed by atoms with Crippen LogP contribution < -0.4 is 10.1 Å². The van der Waals surface area contributed by atoms with Crippen molar-refractivity contribution in [2.45, 2.75) is 27.1 Å². The summed E-state index contributed by atoms with van der Waals surface area (Å²) >= 11 is 0. The second-order valence-electron chi connectivity index (χ2n) is 7.25. The molecular formula is C24H18FN5O2. The van der Waals surface area contributed by atoms with Gasteiger partial charge < -0.3 is 14.8 Å². The number of hydrogen-bond acceptors (Lipinski definition) is 7. The van der Waals surface area contributed by atoms with Crippen LogP contribution >= 0.6 is 0 Å². The number of halogens is 1. The number of allylic oxidation sites excluding steroid dienone is 1. The van der Waals surface area contributed by atoms with Gasteiger partial charge in [-0.05, 0) is 66.9 Å². The SMILES string of the molecule is Cc1cc(/C=C/C#N)cc(C)c1Oc1nc(Nc2ccc(C#N)c(F)c2)nc2c1COC2. The van der Waals surface area contributed by atoms with Crippen molar-refractivity contribution < 1.29 is 13.9 Å². The molecule has 158 valence electrons. The first-order chi connectivity index (χ1) is 15.5. The second-order valence-corrected chi connectivity index (χ2v) is 7.25. The maximum Gasteiger partial charge on any atom is 0.230 e. The Labute approximate surface area is 184 Å². The molecule has 1 aromatic heterocycles. The van der Waals surface area contributed by atoms with Gasteiger partial charge in [0.25, 0.3) is 0 Å². The summed E-state index contributed by atoms with van der Waals surface area (Å²) in [5.41, 5.74) is 4.49. The lowest BCUT2D eigenvalue weighted by Gasteiger charge is -2.15. The van der Waals surface area contributed by atoms with Crippen molar-refractivity contribution >= 4 is 17.7 Å². The molecule has 0 spiro atoms. The number of fused-ring (bicyclic) bond motifs is 1. The Balaban J connectivity index is 1.68. The minimum absolute atomic E-state index is 0.0399. The van der Waals surface area contributed by atoms with Crippen molar-refractivity contribution in [3.8, 4) is 23.8 Å². The number of aromatic nitrogens is 2. The third-order valence-electron chi connectivity index (χ3n) is 4.92. The number of aryl methyl sites for hydroxylation is 2. The zero-order chi connectivity index (χ0) is 22.7. The Bertz CT molecular complexity index is 1300. The van der Waals surface area contributed by atoms with Gasteiger partial charge in [-0.2, -0.15) is 15.5 Å². The molecule has 1 N–H and O–H groups in total. The van der Waals surface area contributed by atoms with Crippen LogP contribution in [-0.4, -0.2) is 9.97 Å². The molecule has 32 heavy (non-hydrogen) atoms. The predicted molar refractivity (Wildman–Crippen MR) is 116 cm³/mol. The molecule has 2 heterocycles. The van der Waals surface area contributed by atoms with E-state index in [9.17, 15) is 4.39 Å². The van der Waals surface area contributed by atoms with Crippen LogP contribution in [-0.2, 0) is 18.0 Å². The van der Waals surface area contributed by atoms with Crippen molar-refractivity contribution in [1.82, 2.24) is 9.97 Å². The molecule has 8 heteroatoms. The van der Waals surface area contributed by atoms with Crippen LogP contribution in [0.5, 0.6) is 11.6 Å². The first-order valence-electron chi connectivity index (χ1n) is 9.78. The third-order valence-corrected chi connectivity index (χ3v) is 4.92. The van der Waals surface area contributed by atoms with Gasteiger partial charge in [0.1, 0.15) is 17.6 Å². The van der Waals surface area contributed by atoms with Crippen molar-refractivity contribution in [2.24, 2.45) is 0 Å². The molecule has 0 saturated heterocycles. The third kappa shape index (κ3) is 4.27. The van der Waals surface area contributed by atoms with Gasteiger partial charge in [-0.25, -0.2) is 9.37 Å². The summed E-state index contributed by atoms with van der Waals surface area (Å²) in [4.78, 5) is 8.95. The summed E-state index contributed by atoms with van der Waals surface area (Å²) in [6.45, 7) is 4.49. The number of anilines is 2. The number of hydrogen-bond donors (Lipinski definition) is 1. The highest BCUT2D eigenvalue weighted by Crippen LogP contribution is 2.35. The Morgan fingerprint density at radius 1 is 1.12 bits per heavy atom. The van der Waals surface area contributed by atoms with Gasteiger partial charge >= 0.3 is 0 Å². The normalized spacial score (nSPS) is 12.3. The molecule has 4 rings (SSSR count). The van der Waals surface area contributed by atoms with Crippen molar-refractivity contribution in [3.63, 3.8) is 0 Å². The van der Waals surface area contributed by atoms with E-state index in [1.165, 1.54) is 18.2 Å². The number of nitrogens with one attached hydrogen (secondary N) is 1. The molecule has 0 bridgehead atoms. The lowest BCUT2D eigenvalue weighted by molar-refractivity contribution is 0.132. The quantitative estimate of drug-likeness (QED) is 0.558. The molecule has 0 fully saturated rings. The van der Waals surface area contributed by atoms with Crippen LogP contribution in [0.4, 0.5) is 16.0 Å². The minimum Gasteiger partial charge on any atom is -0.438 e. The molecule has 0 amide bonds. The van der Waals surface area contributed by atoms with E-state index in [1.54, 1.807) is 18.2 Å².